The normalized spacial score (nSPS) is 8.00. The van der Waals surface area contributed by atoms with Gasteiger partial charge in [0.25, 0.3) is 0 Å². The first kappa shape index (κ1) is 12.1. The fourth-order valence-corrected chi connectivity index (χ4v) is 0.258. The van der Waals surface area contributed by atoms with Gasteiger partial charge in [0, 0.05) is 6.54 Å². The standard InChI is InChI=1S/C5H11N.C3H6O/c1-4-5-6(2)3;1-2-3-4/h4H,1,5H2,2-3H3;2,4H,1,3H2. The lowest BCUT2D eigenvalue weighted by Gasteiger charge is -2.01. The fourth-order valence-electron chi connectivity index (χ4n) is 0.258. The molecule has 60 valence electrons. The van der Waals surface area contributed by atoms with Crippen molar-refractivity contribution in [3.05, 3.63) is 25.3 Å². The monoisotopic (exact) mass is 143 g/mol. The Balaban J connectivity index is 0. The summed E-state index contributed by atoms with van der Waals surface area (Å²) in [7, 11) is 4.03. The molecule has 0 unspecified atom stereocenters. The minimum absolute atomic E-state index is 0.0833. The van der Waals surface area contributed by atoms with Crippen molar-refractivity contribution in [3.8, 4) is 0 Å². The van der Waals surface area contributed by atoms with Gasteiger partial charge in [0.05, 0.1) is 6.61 Å². The molecule has 0 aliphatic heterocycles. The molecule has 0 aromatic rings. The Bertz CT molecular complexity index is 79.3. The predicted octanol–water partition coefficient (Wildman–Crippen LogP) is 0.899. The molecule has 0 spiro atoms. The van der Waals surface area contributed by atoms with Crippen molar-refractivity contribution >= 4 is 0 Å². The zero-order valence-electron chi connectivity index (χ0n) is 6.88. The lowest BCUT2D eigenvalue weighted by molar-refractivity contribution is 0.343. The van der Waals surface area contributed by atoms with Gasteiger partial charge in [-0.2, -0.15) is 0 Å². The van der Waals surface area contributed by atoms with Gasteiger partial charge in [0.1, 0.15) is 0 Å². The maximum absolute atomic E-state index is 7.76. The Morgan fingerprint density at radius 3 is 1.70 bits per heavy atom. The molecule has 0 aromatic heterocycles. The van der Waals surface area contributed by atoms with Gasteiger partial charge in [-0.15, -0.1) is 13.2 Å². The molecule has 0 heterocycles. The van der Waals surface area contributed by atoms with Gasteiger partial charge in [-0.05, 0) is 14.1 Å². The van der Waals surface area contributed by atoms with Crippen molar-refractivity contribution in [2.45, 2.75) is 0 Å². The van der Waals surface area contributed by atoms with Gasteiger partial charge < -0.3 is 10.0 Å². The molecule has 10 heavy (non-hydrogen) atoms. The summed E-state index contributed by atoms with van der Waals surface area (Å²) in [6, 6.07) is 0. The van der Waals surface area contributed by atoms with Crippen LogP contribution in [0.2, 0.25) is 0 Å². The molecule has 0 atom stereocenters. The fraction of sp³-hybridized carbons (Fsp3) is 0.500. The molecule has 0 amide bonds. The quantitative estimate of drug-likeness (QED) is 0.593. The minimum atomic E-state index is 0.0833. The van der Waals surface area contributed by atoms with Gasteiger partial charge in [-0.25, -0.2) is 0 Å². The summed E-state index contributed by atoms with van der Waals surface area (Å²) in [4.78, 5) is 2.06. The second kappa shape index (κ2) is 11.2. The maximum Gasteiger partial charge on any atom is 0.0609 e. The van der Waals surface area contributed by atoms with E-state index < -0.39 is 0 Å². The third-order valence-electron chi connectivity index (χ3n) is 0.623. The van der Waals surface area contributed by atoms with Crippen LogP contribution in [0.3, 0.4) is 0 Å². The van der Waals surface area contributed by atoms with Crippen molar-refractivity contribution < 1.29 is 5.11 Å². The number of hydrogen-bond acceptors (Lipinski definition) is 2. The van der Waals surface area contributed by atoms with Crippen molar-refractivity contribution in [3.63, 3.8) is 0 Å². The van der Waals surface area contributed by atoms with Crippen LogP contribution in [0.15, 0.2) is 25.3 Å². The Labute approximate surface area is 63.5 Å². The van der Waals surface area contributed by atoms with Crippen LogP contribution in [-0.4, -0.2) is 37.3 Å². The molecular weight excluding hydrogens is 126 g/mol. The zero-order valence-corrected chi connectivity index (χ0v) is 6.88. The summed E-state index contributed by atoms with van der Waals surface area (Å²) in [6.45, 7) is 7.84. The largest absolute Gasteiger partial charge is 0.392 e. The second-order valence-corrected chi connectivity index (χ2v) is 2.02. The van der Waals surface area contributed by atoms with Crippen LogP contribution in [-0.2, 0) is 0 Å². The first-order valence-corrected chi connectivity index (χ1v) is 3.16. The molecule has 2 nitrogen and oxygen atoms in total. The highest BCUT2D eigenvalue weighted by atomic mass is 16.2. The zero-order chi connectivity index (χ0) is 8.41. The summed E-state index contributed by atoms with van der Waals surface area (Å²) in [5.74, 6) is 0. The van der Waals surface area contributed by atoms with Crippen molar-refractivity contribution in [1.29, 1.82) is 0 Å². The number of aliphatic hydroxyl groups excluding tert-OH is 1. The van der Waals surface area contributed by atoms with Crippen LogP contribution in [0, 0.1) is 0 Å². The van der Waals surface area contributed by atoms with Crippen molar-refractivity contribution in [1.82, 2.24) is 4.90 Å². The Morgan fingerprint density at radius 1 is 1.30 bits per heavy atom. The molecule has 0 aliphatic carbocycles. The van der Waals surface area contributed by atoms with Gasteiger partial charge >= 0.3 is 0 Å². The summed E-state index contributed by atoms with van der Waals surface area (Å²) >= 11 is 0. The van der Waals surface area contributed by atoms with Crippen LogP contribution in [0.5, 0.6) is 0 Å². The van der Waals surface area contributed by atoms with E-state index in [4.69, 9.17) is 5.11 Å². The van der Waals surface area contributed by atoms with Gasteiger partial charge in [0.15, 0.2) is 0 Å². The number of likely N-dealkylation sites (N-methyl/N-ethyl adjacent to an activating group) is 1. The van der Waals surface area contributed by atoms with E-state index in [1.807, 2.05) is 20.2 Å². The predicted molar refractivity (Wildman–Crippen MR) is 46.0 cm³/mol. The van der Waals surface area contributed by atoms with Crippen molar-refractivity contribution in [2.75, 3.05) is 27.2 Å². The van der Waals surface area contributed by atoms with Gasteiger partial charge in [-0.3, -0.25) is 0 Å². The molecular formula is C8H17NO. The minimum Gasteiger partial charge on any atom is -0.392 e. The Hall–Kier alpha value is -0.600. The summed E-state index contributed by atoms with van der Waals surface area (Å²) in [5, 5.41) is 7.76. The van der Waals surface area contributed by atoms with E-state index in [2.05, 4.69) is 18.1 Å². The molecule has 1 N–H and O–H groups in total. The molecule has 0 bridgehead atoms. The number of nitrogens with zero attached hydrogens (tertiary/aromatic N) is 1. The average molecular weight is 143 g/mol. The molecule has 0 rings (SSSR count). The molecule has 0 radical (unpaired) electrons. The van der Waals surface area contributed by atoms with Crippen LogP contribution < -0.4 is 0 Å². The first-order valence-electron chi connectivity index (χ1n) is 3.16. The SMILES string of the molecule is C=CCN(C)C.C=CCO. The van der Waals surface area contributed by atoms with E-state index in [1.165, 1.54) is 6.08 Å². The van der Waals surface area contributed by atoms with Gasteiger partial charge in [-0.1, -0.05) is 12.2 Å². The highest BCUT2D eigenvalue weighted by molar-refractivity contribution is 4.68. The van der Waals surface area contributed by atoms with Crippen LogP contribution >= 0.6 is 0 Å². The molecule has 0 aliphatic rings. The lowest BCUT2D eigenvalue weighted by Crippen LogP contribution is -2.09. The summed E-state index contributed by atoms with van der Waals surface area (Å²) < 4.78 is 0. The third kappa shape index (κ3) is 26.2. The highest BCUT2D eigenvalue weighted by Gasteiger charge is 1.75. The van der Waals surface area contributed by atoms with E-state index in [9.17, 15) is 0 Å². The molecule has 0 fully saturated rings. The molecule has 0 aromatic carbocycles. The molecule has 0 saturated carbocycles. The van der Waals surface area contributed by atoms with Gasteiger partial charge in [0.2, 0.25) is 0 Å². The number of hydrogen-bond donors (Lipinski definition) is 1. The van der Waals surface area contributed by atoms with Crippen LogP contribution in [0.1, 0.15) is 0 Å². The van der Waals surface area contributed by atoms with Crippen LogP contribution in [0.25, 0.3) is 0 Å². The third-order valence-corrected chi connectivity index (χ3v) is 0.623. The Kier molecular flexibility index (Phi) is 13.6. The van der Waals surface area contributed by atoms with Crippen LogP contribution in [0.4, 0.5) is 0 Å². The number of aliphatic hydroxyl groups is 1. The lowest BCUT2D eigenvalue weighted by atomic mass is 10.6. The number of rotatable bonds is 3. The maximum atomic E-state index is 7.76. The van der Waals surface area contributed by atoms with E-state index in [1.54, 1.807) is 0 Å². The summed E-state index contributed by atoms with van der Waals surface area (Å²) in [6.07, 6.45) is 3.31. The van der Waals surface area contributed by atoms with Crippen molar-refractivity contribution in [2.24, 2.45) is 0 Å². The topological polar surface area (TPSA) is 23.5 Å². The second-order valence-electron chi connectivity index (χ2n) is 2.02. The molecule has 2 heteroatoms. The van der Waals surface area contributed by atoms with E-state index in [0.29, 0.717) is 0 Å². The van der Waals surface area contributed by atoms with E-state index in [-0.39, 0.29) is 6.61 Å². The highest BCUT2D eigenvalue weighted by Crippen LogP contribution is 1.69. The van der Waals surface area contributed by atoms with E-state index >= 15 is 0 Å². The smallest absolute Gasteiger partial charge is 0.0609 e. The van der Waals surface area contributed by atoms with E-state index in [0.717, 1.165) is 6.54 Å². The first-order chi connectivity index (χ1) is 4.68. The average Bonchev–Trinajstić information content (AvgIpc) is 1.89. The summed E-state index contributed by atoms with van der Waals surface area (Å²) in [5.41, 5.74) is 0. The Morgan fingerprint density at radius 2 is 1.70 bits per heavy atom. The molecule has 0 saturated heterocycles.